The van der Waals surface area contributed by atoms with Crippen molar-refractivity contribution in [3.05, 3.63) is 12.2 Å². The zero-order valence-electron chi connectivity index (χ0n) is 21.7. The van der Waals surface area contributed by atoms with Crippen LogP contribution in [0.15, 0.2) is 12.2 Å². The van der Waals surface area contributed by atoms with Crippen LogP contribution in [0.4, 0.5) is 0 Å². The van der Waals surface area contributed by atoms with Gasteiger partial charge in [0.05, 0.1) is 18.3 Å². The molecule has 0 aromatic rings. The van der Waals surface area contributed by atoms with Crippen LogP contribution in [0.3, 0.4) is 0 Å². The van der Waals surface area contributed by atoms with Crippen molar-refractivity contribution in [3.63, 3.8) is 0 Å². The molecule has 10 nitrogen and oxygen atoms in total. The van der Waals surface area contributed by atoms with Gasteiger partial charge >= 0.3 is 16.4 Å². The first kappa shape index (κ1) is 28.5. The van der Waals surface area contributed by atoms with Crippen molar-refractivity contribution in [2.75, 3.05) is 6.54 Å². The summed E-state index contributed by atoms with van der Waals surface area (Å²) in [6.07, 6.45) is 5.87. The third-order valence-electron chi connectivity index (χ3n) is 10.7. The standard InChI is InChI=1S/C26H41NO9S/c1-14(4-7-22(30)27-13-23(31)32)17-5-6-18-24-19(12-21(29)26(17,18)3)25(2)9-8-16(36-37(33,34)35)10-15(25)11-20(24)28/h4,7,14-21,24,28-29H,5-6,8-13H2,1-3H3,(H,27,30)(H,31,32)(H,33,34,35)/b7-4+/t14-,15+,16-,17-,18+,19+,20-,21+,24+,25+,26-/m1/s1. The van der Waals surface area contributed by atoms with E-state index in [1.165, 1.54) is 6.08 Å². The molecule has 0 aliphatic heterocycles. The second-order valence-electron chi connectivity index (χ2n) is 12.3. The molecule has 4 rings (SSSR count). The van der Waals surface area contributed by atoms with Crippen molar-refractivity contribution in [2.45, 2.75) is 84.0 Å². The average Bonchev–Trinajstić information content (AvgIpc) is 3.15. The highest BCUT2D eigenvalue weighted by atomic mass is 32.3. The summed E-state index contributed by atoms with van der Waals surface area (Å²) >= 11 is 0. The number of rotatable bonds is 7. The van der Waals surface area contributed by atoms with Crippen LogP contribution in [0.1, 0.15) is 65.7 Å². The molecule has 11 atom stereocenters. The molecule has 0 aromatic carbocycles. The number of carboxylic acid groups (broad SMARTS) is 1. The summed E-state index contributed by atoms with van der Waals surface area (Å²) in [7, 11) is -4.54. The van der Waals surface area contributed by atoms with Gasteiger partial charge in [-0.3, -0.25) is 14.1 Å². The van der Waals surface area contributed by atoms with Crippen LogP contribution < -0.4 is 5.32 Å². The topological polar surface area (TPSA) is 170 Å². The van der Waals surface area contributed by atoms with Gasteiger partial charge in [0.2, 0.25) is 5.91 Å². The molecule has 0 bridgehead atoms. The van der Waals surface area contributed by atoms with Crippen molar-refractivity contribution in [3.8, 4) is 0 Å². The van der Waals surface area contributed by atoms with Gasteiger partial charge in [0.15, 0.2) is 0 Å². The fourth-order valence-corrected chi connectivity index (χ4v) is 9.42. The summed E-state index contributed by atoms with van der Waals surface area (Å²) < 4.78 is 36.6. The van der Waals surface area contributed by atoms with E-state index in [9.17, 15) is 28.2 Å². The maximum atomic E-state index is 12.0. The summed E-state index contributed by atoms with van der Waals surface area (Å²) in [6, 6.07) is 0. The molecule has 0 heterocycles. The molecule has 210 valence electrons. The highest BCUT2D eigenvalue weighted by Gasteiger charge is 2.65. The summed E-state index contributed by atoms with van der Waals surface area (Å²) in [5.41, 5.74) is -0.602. The quantitative estimate of drug-likeness (QED) is 0.238. The van der Waals surface area contributed by atoms with E-state index >= 15 is 0 Å². The molecule has 0 aromatic heterocycles. The van der Waals surface area contributed by atoms with Crippen molar-refractivity contribution >= 4 is 22.3 Å². The minimum Gasteiger partial charge on any atom is -0.480 e. The summed E-state index contributed by atoms with van der Waals surface area (Å²) in [6.45, 7) is 5.89. The highest BCUT2D eigenvalue weighted by Crippen LogP contribution is 2.68. The van der Waals surface area contributed by atoms with E-state index in [1.54, 1.807) is 6.08 Å². The number of nitrogens with one attached hydrogen (secondary N) is 1. The predicted molar refractivity (Wildman–Crippen MR) is 133 cm³/mol. The fraction of sp³-hybridized carbons (Fsp3) is 0.846. The van der Waals surface area contributed by atoms with E-state index in [-0.39, 0.29) is 40.9 Å². The third-order valence-corrected chi connectivity index (χ3v) is 11.2. The average molecular weight is 544 g/mol. The van der Waals surface area contributed by atoms with E-state index < -0.39 is 52.5 Å². The van der Waals surface area contributed by atoms with Crippen LogP contribution in [0, 0.1) is 46.3 Å². The summed E-state index contributed by atoms with van der Waals surface area (Å²) in [4.78, 5) is 22.7. The minimum absolute atomic E-state index is 0.0196. The first-order valence-corrected chi connectivity index (χ1v) is 14.7. The van der Waals surface area contributed by atoms with Crippen molar-refractivity contribution in [1.29, 1.82) is 0 Å². The maximum absolute atomic E-state index is 12.0. The van der Waals surface area contributed by atoms with Crippen LogP contribution in [0.25, 0.3) is 0 Å². The third kappa shape index (κ3) is 5.34. The number of carbonyl (C=O) groups excluding carboxylic acids is 1. The Morgan fingerprint density at radius 1 is 1.11 bits per heavy atom. The van der Waals surface area contributed by atoms with E-state index in [0.717, 1.165) is 12.8 Å². The molecular weight excluding hydrogens is 502 g/mol. The second kappa shape index (κ2) is 10.2. The molecule has 4 fully saturated rings. The predicted octanol–water partition coefficient (Wildman–Crippen LogP) is 2.17. The number of allylic oxidation sites excluding steroid dienone is 1. The Labute approximate surface area is 218 Å². The number of carbonyl (C=O) groups is 2. The number of fused-ring (bicyclic) bond motifs is 5. The van der Waals surface area contributed by atoms with Gasteiger partial charge in [-0.25, -0.2) is 4.18 Å². The molecule has 1 amide bonds. The van der Waals surface area contributed by atoms with Gasteiger partial charge in [-0.2, -0.15) is 8.42 Å². The Hall–Kier alpha value is -1.53. The smallest absolute Gasteiger partial charge is 0.397 e. The normalized spacial score (nSPS) is 44.5. The molecular formula is C26H41NO9S. The zero-order valence-corrected chi connectivity index (χ0v) is 22.6. The molecule has 0 radical (unpaired) electrons. The Kier molecular flexibility index (Phi) is 7.87. The van der Waals surface area contributed by atoms with Crippen molar-refractivity contribution in [2.24, 2.45) is 46.3 Å². The van der Waals surface area contributed by atoms with Gasteiger partial charge in [0.1, 0.15) is 6.54 Å². The summed E-state index contributed by atoms with van der Waals surface area (Å²) in [5, 5.41) is 34.1. The van der Waals surface area contributed by atoms with Gasteiger partial charge in [-0.05, 0) is 91.9 Å². The van der Waals surface area contributed by atoms with Gasteiger partial charge < -0.3 is 20.6 Å². The lowest BCUT2D eigenvalue weighted by Crippen LogP contribution is -2.62. The Morgan fingerprint density at radius 3 is 2.46 bits per heavy atom. The lowest BCUT2D eigenvalue weighted by Gasteiger charge is -2.63. The first-order chi connectivity index (χ1) is 17.2. The molecule has 4 saturated carbocycles. The molecule has 37 heavy (non-hydrogen) atoms. The van der Waals surface area contributed by atoms with E-state index in [1.807, 2.05) is 6.92 Å². The van der Waals surface area contributed by atoms with Gasteiger partial charge in [0, 0.05) is 5.41 Å². The molecule has 0 unspecified atom stereocenters. The number of aliphatic hydroxyl groups excluding tert-OH is 2. The van der Waals surface area contributed by atoms with E-state index in [2.05, 4.69) is 19.2 Å². The zero-order chi connectivity index (χ0) is 27.3. The Morgan fingerprint density at radius 2 is 1.81 bits per heavy atom. The van der Waals surface area contributed by atoms with Crippen LogP contribution in [0.5, 0.6) is 0 Å². The molecule has 5 N–H and O–H groups in total. The Bertz CT molecular complexity index is 1030. The van der Waals surface area contributed by atoms with Crippen LogP contribution >= 0.6 is 0 Å². The lowest BCUT2D eigenvalue weighted by molar-refractivity contribution is -0.205. The van der Waals surface area contributed by atoms with E-state index in [4.69, 9.17) is 13.8 Å². The maximum Gasteiger partial charge on any atom is 0.397 e. The highest BCUT2D eigenvalue weighted by molar-refractivity contribution is 7.80. The SMILES string of the molecule is C[C@H](/C=C/C(=O)NCC(=O)O)[C@H]1CC[C@H]2[C@@H]3[C@H](O)C[C@@H]4C[C@H](OS(=O)(=O)O)CC[C@]4(C)[C@H]3C[C@H](O)[C@]12C. The number of hydrogen-bond donors (Lipinski definition) is 5. The lowest BCUT2D eigenvalue weighted by atomic mass is 9.43. The number of hydrogen-bond acceptors (Lipinski definition) is 7. The monoisotopic (exact) mass is 543 g/mol. The number of amides is 1. The molecule has 11 heteroatoms. The first-order valence-electron chi connectivity index (χ1n) is 13.4. The number of aliphatic hydroxyl groups is 2. The molecule has 4 aliphatic rings. The van der Waals surface area contributed by atoms with Crippen LogP contribution in [-0.4, -0.2) is 65.0 Å². The van der Waals surface area contributed by atoms with Crippen LogP contribution in [-0.2, 0) is 24.2 Å². The van der Waals surface area contributed by atoms with Gasteiger partial charge in [-0.15, -0.1) is 0 Å². The number of aliphatic carboxylic acids is 1. The van der Waals surface area contributed by atoms with Crippen molar-refractivity contribution in [1.82, 2.24) is 5.32 Å². The molecule has 0 spiro atoms. The Balaban J connectivity index is 1.51. The second-order valence-corrected chi connectivity index (χ2v) is 13.4. The fourth-order valence-electron chi connectivity index (χ4n) is 8.90. The van der Waals surface area contributed by atoms with Gasteiger partial charge in [0.25, 0.3) is 0 Å². The number of carboxylic acids is 1. The molecule has 0 saturated heterocycles. The molecule has 4 aliphatic carbocycles. The summed E-state index contributed by atoms with van der Waals surface area (Å²) in [5.74, 6) is -1.23. The minimum atomic E-state index is -4.54. The van der Waals surface area contributed by atoms with Gasteiger partial charge in [-0.1, -0.05) is 26.8 Å². The van der Waals surface area contributed by atoms with E-state index in [0.29, 0.717) is 32.1 Å². The van der Waals surface area contributed by atoms with Crippen LogP contribution in [0.2, 0.25) is 0 Å². The van der Waals surface area contributed by atoms with Crippen molar-refractivity contribution < 1.29 is 42.1 Å². The largest absolute Gasteiger partial charge is 0.480 e.